The molecule has 24 heavy (non-hydrogen) atoms. The number of nitrogens with two attached hydrogens (primary N) is 1. The molecule has 1 unspecified atom stereocenters. The molecule has 1 aliphatic heterocycles. The van der Waals surface area contributed by atoms with Gasteiger partial charge in [0.25, 0.3) is 0 Å². The predicted octanol–water partition coefficient (Wildman–Crippen LogP) is 1.93. The number of likely N-dealkylation sites (tertiary alicyclic amines) is 1. The highest BCUT2D eigenvalue weighted by atomic mass is 35.5. The van der Waals surface area contributed by atoms with Crippen molar-refractivity contribution in [3.05, 3.63) is 29.6 Å². The molecule has 7 heteroatoms. The van der Waals surface area contributed by atoms with Crippen molar-refractivity contribution in [1.82, 2.24) is 10.2 Å². The van der Waals surface area contributed by atoms with E-state index in [0.29, 0.717) is 32.8 Å². The number of carbonyl (C=O) groups is 1. The van der Waals surface area contributed by atoms with Gasteiger partial charge in [0.2, 0.25) is 5.91 Å². The second-order valence-electron chi connectivity index (χ2n) is 5.85. The fourth-order valence-electron chi connectivity index (χ4n) is 2.93. The minimum atomic E-state index is -0.335. The predicted molar refractivity (Wildman–Crippen MR) is 94.9 cm³/mol. The van der Waals surface area contributed by atoms with Gasteiger partial charge >= 0.3 is 0 Å². The average Bonchev–Trinajstić information content (AvgIpc) is 2.55. The molecule has 1 atom stereocenters. The number of nitrogens with one attached hydrogen (secondary N) is 1. The molecular formula is C17H27ClFN3O2. The van der Waals surface area contributed by atoms with E-state index >= 15 is 0 Å². The molecule has 136 valence electrons. The molecule has 1 aromatic carbocycles. The average molecular weight is 360 g/mol. The lowest BCUT2D eigenvalue weighted by Gasteiger charge is -2.32. The number of ether oxygens (including phenoxy) is 1. The molecule has 2 rings (SSSR count). The first kappa shape index (κ1) is 20.7. The van der Waals surface area contributed by atoms with Crippen molar-refractivity contribution in [2.45, 2.75) is 26.3 Å². The summed E-state index contributed by atoms with van der Waals surface area (Å²) in [4.78, 5) is 14.3. The van der Waals surface area contributed by atoms with Crippen LogP contribution in [0.15, 0.2) is 18.2 Å². The molecule has 1 aliphatic rings. The van der Waals surface area contributed by atoms with Crippen molar-refractivity contribution < 1.29 is 13.9 Å². The molecule has 0 aliphatic carbocycles. The first-order valence-corrected chi connectivity index (χ1v) is 8.25. The van der Waals surface area contributed by atoms with E-state index in [4.69, 9.17) is 10.5 Å². The summed E-state index contributed by atoms with van der Waals surface area (Å²) in [5.74, 6) is 0.00778. The van der Waals surface area contributed by atoms with E-state index in [1.807, 2.05) is 13.0 Å². The zero-order chi connectivity index (χ0) is 16.7. The van der Waals surface area contributed by atoms with Crippen LogP contribution >= 0.6 is 12.4 Å². The topological polar surface area (TPSA) is 67.6 Å². The Labute approximate surface area is 149 Å². The zero-order valence-corrected chi connectivity index (χ0v) is 14.9. The Morgan fingerprint density at radius 3 is 2.96 bits per heavy atom. The summed E-state index contributed by atoms with van der Waals surface area (Å²) in [6.07, 6.45) is 1.87. The van der Waals surface area contributed by atoms with Gasteiger partial charge in [-0.15, -0.1) is 12.4 Å². The van der Waals surface area contributed by atoms with Crippen molar-refractivity contribution in [3.63, 3.8) is 0 Å². The van der Waals surface area contributed by atoms with Crippen LogP contribution in [0.5, 0.6) is 5.75 Å². The molecule has 0 aromatic heterocycles. The van der Waals surface area contributed by atoms with E-state index in [2.05, 4.69) is 10.2 Å². The lowest BCUT2D eigenvalue weighted by atomic mass is 9.96. The van der Waals surface area contributed by atoms with Crippen molar-refractivity contribution in [2.24, 2.45) is 11.7 Å². The van der Waals surface area contributed by atoms with Gasteiger partial charge in [0, 0.05) is 26.2 Å². The summed E-state index contributed by atoms with van der Waals surface area (Å²) < 4.78 is 19.1. The molecule has 1 aromatic rings. The van der Waals surface area contributed by atoms with Crippen LogP contribution < -0.4 is 15.8 Å². The molecule has 1 amide bonds. The van der Waals surface area contributed by atoms with Gasteiger partial charge in [0.05, 0.1) is 12.5 Å². The van der Waals surface area contributed by atoms with E-state index in [1.54, 1.807) is 6.07 Å². The van der Waals surface area contributed by atoms with Gasteiger partial charge in [-0.2, -0.15) is 0 Å². The number of piperidine rings is 1. The Hall–Kier alpha value is -1.37. The minimum absolute atomic E-state index is 0. The van der Waals surface area contributed by atoms with Crippen LogP contribution in [0.4, 0.5) is 4.39 Å². The van der Waals surface area contributed by atoms with Gasteiger partial charge in [0.15, 0.2) is 11.6 Å². The molecule has 0 spiro atoms. The molecule has 1 saturated heterocycles. The van der Waals surface area contributed by atoms with Crippen molar-refractivity contribution in [1.29, 1.82) is 0 Å². The highest BCUT2D eigenvalue weighted by Gasteiger charge is 2.25. The molecule has 0 radical (unpaired) electrons. The van der Waals surface area contributed by atoms with Crippen molar-refractivity contribution in [2.75, 3.05) is 32.8 Å². The lowest BCUT2D eigenvalue weighted by Crippen LogP contribution is -2.43. The molecule has 1 fully saturated rings. The van der Waals surface area contributed by atoms with Crippen molar-refractivity contribution >= 4 is 18.3 Å². The maximum Gasteiger partial charge on any atom is 0.224 e. The van der Waals surface area contributed by atoms with Crippen LogP contribution in [0.3, 0.4) is 0 Å². The summed E-state index contributed by atoms with van der Waals surface area (Å²) >= 11 is 0. The number of nitrogens with zero attached hydrogens (tertiary/aromatic N) is 1. The SMILES string of the molecule is CCOc1ccc(CN2CCCC(C(=O)NCCN)C2)cc1F.Cl. The summed E-state index contributed by atoms with van der Waals surface area (Å²) in [5.41, 5.74) is 6.31. The number of hydrogen-bond donors (Lipinski definition) is 2. The molecule has 3 N–H and O–H groups in total. The summed E-state index contributed by atoms with van der Waals surface area (Å²) in [7, 11) is 0. The van der Waals surface area contributed by atoms with E-state index in [9.17, 15) is 9.18 Å². The van der Waals surface area contributed by atoms with E-state index in [0.717, 1.165) is 24.9 Å². The van der Waals surface area contributed by atoms with E-state index in [-0.39, 0.29) is 35.8 Å². The molecule has 1 heterocycles. The number of hydrogen-bond acceptors (Lipinski definition) is 4. The Bertz CT molecular complexity index is 531. The monoisotopic (exact) mass is 359 g/mol. The fourth-order valence-corrected chi connectivity index (χ4v) is 2.93. The molecular weight excluding hydrogens is 333 g/mol. The highest BCUT2D eigenvalue weighted by Crippen LogP contribution is 2.22. The third kappa shape index (κ3) is 5.92. The van der Waals surface area contributed by atoms with Crippen molar-refractivity contribution in [3.8, 4) is 5.75 Å². The quantitative estimate of drug-likeness (QED) is 0.780. The number of amides is 1. The second-order valence-corrected chi connectivity index (χ2v) is 5.85. The van der Waals surface area contributed by atoms with Crippen LogP contribution in [0.2, 0.25) is 0 Å². The number of benzene rings is 1. The Kier molecular flexibility index (Phi) is 9.03. The van der Waals surface area contributed by atoms with Gasteiger partial charge in [-0.1, -0.05) is 6.07 Å². The summed E-state index contributed by atoms with van der Waals surface area (Å²) in [6, 6.07) is 5.07. The van der Waals surface area contributed by atoms with Gasteiger partial charge in [-0.3, -0.25) is 9.69 Å². The van der Waals surface area contributed by atoms with Crippen LogP contribution in [0.25, 0.3) is 0 Å². The maximum absolute atomic E-state index is 13.9. The normalized spacial score (nSPS) is 17.9. The minimum Gasteiger partial charge on any atom is -0.491 e. The third-order valence-electron chi connectivity index (χ3n) is 4.02. The van der Waals surface area contributed by atoms with Crippen LogP contribution in [-0.4, -0.2) is 43.6 Å². The van der Waals surface area contributed by atoms with Crippen LogP contribution in [0.1, 0.15) is 25.3 Å². The standard InChI is InChI=1S/C17H26FN3O2.ClH/c1-2-23-16-6-5-13(10-15(16)18)11-21-9-3-4-14(12-21)17(22)20-8-7-19;/h5-6,10,14H,2-4,7-9,11-12,19H2,1H3,(H,20,22);1H. The van der Waals surface area contributed by atoms with Gasteiger partial charge in [0.1, 0.15) is 0 Å². The van der Waals surface area contributed by atoms with E-state index < -0.39 is 0 Å². The lowest BCUT2D eigenvalue weighted by molar-refractivity contribution is -0.126. The smallest absolute Gasteiger partial charge is 0.224 e. The Morgan fingerprint density at radius 1 is 1.50 bits per heavy atom. The zero-order valence-electron chi connectivity index (χ0n) is 14.1. The number of rotatable bonds is 7. The van der Waals surface area contributed by atoms with Gasteiger partial charge in [-0.25, -0.2) is 4.39 Å². The molecule has 0 saturated carbocycles. The maximum atomic E-state index is 13.9. The highest BCUT2D eigenvalue weighted by molar-refractivity contribution is 5.85. The fraction of sp³-hybridized carbons (Fsp3) is 0.588. The first-order valence-electron chi connectivity index (χ1n) is 8.25. The molecule has 5 nitrogen and oxygen atoms in total. The molecule has 0 bridgehead atoms. The summed E-state index contributed by atoms with van der Waals surface area (Å²) in [6.45, 7) is 5.51. The second kappa shape index (κ2) is 10.5. The Balaban J connectivity index is 0.00000288. The number of carbonyl (C=O) groups excluding carboxylic acids is 1. The van der Waals surface area contributed by atoms with Gasteiger partial charge < -0.3 is 15.8 Å². The summed E-state index contributed by atoms with van der Waals surface area (Å²) in [5, 5.41) is 2.85. The Morgan fingerprint density at radius 2 is 2.29 bits per heavy atom. The largest absolute Gasteiger partial charge is 0.491 e. The van der Waals surface area contributed by atoms with Crippen LogP contribution in [-0.2, 0) is 11.3 Å². The van der Waals surface area contributed by atoms with E-state index in [1.165, 1.54) is 6.07 Å². The van der Waals surface area contributed by atoms with Gasteiger partial charge in [-0.05, 0) is 44.0 Å². The van der Waals surface area contributed by atoms with Crippen LogP contribution in [0, 0.1) is 11.7 Å². The number of halogens is 2. The first-order chi connectivity index (χ1) is 11.1. The third-order valence-corrected chi connectivity index (χ3v) is 4.02.